The first-order chi connectivity index (χ1) is 9.02. The molecule has 106 valence electrons. The van der Waals surface area contributed by atoms with Crippen molar-refractivity contribution in [3.8, 4) is 0 Å². The quantitative estimate of drug-likeness (QED) is 0.921. The van der Waals surface area contributed by atoms with Crippen molar-refractivity contribution in [2.75, 3.05) is 38.6 Å². The molecule has 1 N–H and O–H groups in total. The summed E-state index contributed by atoms with van der Waals surface area (Å²) in [5, 5.41) is 3.28. The number of halogens is 1. The Kier molecular flexibility index (Phi) is 4.87. The zero-order valence-corrected chi connectivity index (χ0v) is 13.9. The van der Waals surface area contributed by atoms with Crippen molar-refractivity contribution in [2.24, 2.45) is 0 Å². The van der Waals surface area contributed by atoms with Gasteiger partial charge in [-0.25, -0.2) is 0 Å². The SMILES string of the molecule is CNC(C)c1ccc(N2CCN(C)C(C)C2)cc1Br. The number of piperazine rings is 1. The summed E-state index contributed by atoms with van der Waals surface area (Å²) in [6, 6.07) is 7.70. The van der Waals surface area contributed by atoms with Crippen LogP contribution in [-0.2, 0) is 0 Å². The zero-order valence-electron chi connectivity index (χ0n) is 12.3. The first-order valence-corrected chi connectivity index (χ1v) is 7.74. The third kappa shape index (κ3) is 3.30. The van der Waals surface area contributed by atoms with Crippen LogP contribution < -0.4 is 10.2 Å². The van der Waals surface area contributed by atoms with Gasteiger partial charge in [0, 0.05) is 41.9 Å². The van der Waals surface area contributed by atoms with E-state index in [4.69, 9.17) is 0 Å². The van der Waals surface area contributed by atoms with Crippen LogP contribution in [0.3, 0.4) is 0 Å². The number of nitrogens with one attached hydrogen (secondary N) is 1. The van der Waals surface area contributed by atoms with Crippen molar-refractivity contribution in [2.45, 2.75) is 25.9 Å². The first kappa shape index (κ1) is 14.8. The van der Waals surface area contributed by atoms with Gasteiger partial charge in [-0.1, -0.05) is 22.0 Å². The number of benzene rings is 1. The molecule has 0 aromatic heterocycles. The standard InChI is InChI=1S/C15H24BrN3/c1-11-10-19(8-7-18(11)4)13-5-6-14(12(2)17-3)15(16)9-13/h5-6,9,11-12,17H,7-8,10H2,1-4H3. The van der Waals surface area contributed by atoms with Gasteiger partial charge in [0.1, 0.15) is 0 Å². The summed E-state index contributed by atoms with van der Waals surface area (Å²) in [6.45, 7) is 7.81. The van der Waals surface area contributed by atoms with Crippen molar-refractivity contribution in [3.05, 3.63) is 28.2 Å². The van der Waals surface area contributed by atoms with E-state index in [1.807, 2.05) is 7.05 Å². The molecule has 1 aromatic carbocycles. The van der Waals surface area contributed by atoms with Crippen LogP contribution in [-0.4, -0.2) is 44.7 Å². The van der Waals surface area contributed by atoms with Crippen LogP contribution in [0.25, 0.3) is 0 Å². The topological polar surface area (TPSA) is 18.5 Å². The van der Waals surface area contributed by atoms with Crippen molar-refractivity contribution in [1.29, 1.82) is 0 Å². The van der Waals surface area contributed by atoms with Crippen molar-refractivity contribution < 1.29 is 0 Å². The third-order valence-corrected chi connectivity index (χ3v) is 4.90. The smallest absolute Gasteiger partial charge is 0.0378 e. The first-order valence-electron chi connectivity index (χ1n) is 6.95. The average Bonchev–Trinajstić information content (AvgIpc) is 2.41. The molecule has 1 saturated heterocycles. The Morgan fingerprint density at radius 3 is 2.68 bits per heavy atom. The lowest BCUT2D eigenvalue weighted by Gasteiger charge is -2.39. The highest BCUT2D eigenvalue weighted by molar-refractivity contribution is 9.10. The fourth-order valence-electron chi connectivity index (χ4n) is 2.50. The number of likely N-dealkylation sites (N-methyl/N-ethyl adjacent to an activating group) is 1. The lowest BCUT2D eigenvalue weighted by Crippen LogP contribution is -2.50. The van der Waals surface area contributed by atoms with Crippen LogP contribution in [0.15, 0.2) is 22.7 Å². The number of nitrogens with zero attached hydrogens (tertiary/aromatic N) is 2. The Morgan fingerprint density at radius 2 is 2.11 bits per heavy atom. The van der Waals surface area contributed by atoms with Gasteiger partial charge in [0.2, 0.25) is 0 Å². The summed E-state index contributed by atoms with van der Waals surface area (Å²) in [7, 11) is 4.20. The second-order valence-electron chi connectivity index (χ2n) is 5.49. The maximum absolute atomic E-state index is 3.71. The molecular formula is C15H24BrN3. The molecule has 1 fully saturated rings. The van der Waals surface area contributed by atoms with Gasteiger partial charge in [-0.2, -0.15) is 0 Å². The molecule has 0 radical (unpaired) electrons. The molecule has 4 heteroatoms. The second-order valence-corrected chi connectivity index (χ2v) is 6.35. The molecule has 0 amide bonds. The molecule has 2 atom stereocenters. The largest absolute Gasteiger partial charge is 0.369 e. The third-order valence-electron chi connectivity index (χ3n) is 4.21. The summed E-state index contributed by atoms with van der Waals surface area (Å²) in [6.07, 6.45) is 0. The van der Waals surface area contributed by atoms with E-state index in [2.05, 4.69) is 70.1 Å². The highest BCUT2D eigenvalue weighted by Gasteiger charge is 2.21. The summed E-state index contributed by atoms with van der Waals surface area (Å²) in [5.41, 5.74) is 2.63. The van der Waals surface area contributed by atoms with Crippen LogP contribution in [0.4, 0.5) is 5.69 Å². The number of hydrogen-bond donors (Lipinski definition) is 1. The molecule has 1 aliphatic rings. The van der Waals surface area contributed by atoms with Gasteiger partial charge >= 0.3 is 0 Å². The van der Waals surface area contributed by atoms with E-state index >= 15 is 0 Å². The lowest BCUT2D eigenvalue weighted by atomic mass is 10.1. The Labute approximate surface area is 125 Å². The van der Waals surface area contributed by atoms with E-state index in [1.165, 1.54) is 15.7 Å². The van der Waals surface area contributed by atoms with Crippen LogP contribution in [0, 0.1) is 0 Å². The molecule has 0 aliphatic carbocycles. The number of rotatable bonds is 3. The van der Waals surface area contributed by atoms with Crippen LogP contribution in [0.5, 0.6) is 0 Å². The van der Waals surface area contributed by atoms with E-state index in [0.717, 1.165) is 19.6 Å². The minimum Gasteiger partial charge on any atom is -0.369 e. The molecule has 19 heavy (non-hydrogen) atoms. The molecule has 1 aliphatic heterocycles. The molecule has 1 heterocycles. The minimum atomic E-state index is 0.370. The van der Waals surface area contributed by atoms with Gasteiger partial charge in [0.25, 0.3) is 0 Å². The van der Waals surface area contributed by atoms with Gasteiger partial charge in [-0.05, 0) is 45.6 Å². The lowest BCUT2D eigenvalue weighted by molar-refractivity contribution is 0.234. The van der Waals surface area contributed by atoms with Crippen LogP contribution in [0.1, 0.15) is 25.5 Å². The molecule has 3 nitrogen and oxygen atoms in total. The highest BCUT2D eigenvalue weighted by Crippen LogP contribution is 2.29. The van der Waals surface area contributed by atoms with Gasteiger partial charge < -0.3 is 15.1 Å². The van der Waals surface area contributed by atoms with E-state index in [-0.39, 0.29) is 0 Å². The van der Waals surface area contributed by atoms with Gasteiger partial charge in [0.05, 0.1) is 0 Å². The van der Waals surface area contributed by atoms with Crippen molar-refractivity contribution >= 4 is 21.6 Å². The molecule has 0 saturated carbocycles. The molecule has 2 unspecified atom stereocenters. The average molecular weight is 326 g/mol. The number of anilines is 1. The van der Waals surface area contributed by atoms with E-state index in [9.17, 15) is 0 Å². The summed E-state index contributed by atoms with van der Waals surface area (Å²) in [5.74, 6) is 0. The summed E-state index contributed by atoms with van der Waals surface area (Å²) in [4.78, 5) is 4.90. The van der Waals surface area contributed by atoms with Gasteiger partial charge in [-0.3, -0.25) is 0 Å². The fourth-order valence-corrected chi connectivity index (χ4v) is 3.21. The minimum absolute atomic E-state index is 0.370. The zero-order chi connectivity index (χ0) is 14.0. The number of hydrogen-bond acceptors (Lipinski definition) is 3. The summed E-state index contributed by atoms with van der Waals surface area (Å²) >= 11 is 3.71. The Hall–Kier alpha value is -0.580. The Bertz CT molecular complexity index is 435. The van der Waals surface area contributed by atoms with E-state index < -0.39 is 0 Å². The maximum atomic E-state index is 3.71. The molecule has 0 spiro atoms. The Balaban J connectivity index is 2.16. The van der Waals surface area contributed by atoms with Crippen LogP contribution in [0.2, 0.25) is 0 Å². The van der Waals surface area contributed by atoms with Gasteiger partial charge in [0.15, 0.2) is 0 Å². The van der Waals surface area contributed by atoms with Crippen molar-refractivity contribution in [1.82, 2.24) is 10.2 Å². The molecular weight excluding hydrogens is 302 g/mol. The van der Waals surface area contributed by atoms with Crippen LogP contribution >= 0.6 is 15.9 Å². The fraction of sp³-hybridized carbons (Fsp3) is 0.600. The highest BCUT2D eigenvalue weighted by atomic mass is 79.9. The maximum Gasteiger partial charge on any atom is 0.0378 e. The molecule has 1 aromatic rings. The normalized spacial score (nSPS) is 22.6. The second kappa shape index (κ2) is 6.25. The van der Waals surface area contributed by atoms with Crippen molar-refractivity contribution in [3.63, 3.8) is 0 Å². The molecule has 2 rings (SSSR count). The Morgan fingerprint density at radius 1 is 1.37 bits per heavy atom. The van der Waals surface area contributed by atoms with E-state index in [0.29, 0.717) is 12.1 Å². The predicted molar refractivity (Wildman–Crippen MR) is 85.9 cm³/mol. The monoisotopic (exact) mass is 325 g/mol. The predicted octanol–water partition coefficient (Wildman–Crippen LogP) is 2.87. The summed E-state index contributed by atoms with van der Waals surface area (Å²) < 4.78 is 1.19. The van der Waals surface area contributed by atoms with Gasteiger partial charge in [-0.15, -0.1) is 0 Å². The molecule has 0 bridgehead atoms. The van der Waals surface area contributed by atoms with E-state index in [1.54, 1.807) is 0 Å².